The molecule has 0 aliphatic heterocycles. The van der Waals surface area contributed by atoms with Crippen molar-refractivity contribution in [3.63, 3.8) is 0 Å². The summed E-state index contributed by atoms with van der Waals surface area (Å²) in [5, 5.41) is 10.7. The molecule has 3 rings (SSSR count). The van der Waals surface area contributed by atoms with Gasteiger partial charge >= 0.3 is 0 Å². The molecule has 1 amide bonds. The summed E-state index contributed by atoms with van der Waals surface area (Å²) in [7, 11) is 0. The van der Waals surface area contributed by atoms with Crippen LogP contribution in [-0.2, 0) is 6.42 Å². The van der Waals surface area contributed by atoms with Gasteiger partial charge in [0.2, 0.25) is 0 Å². The third-order valence-electron chi connectivity index (χ3n) is 3.66. The van der Waals surface area contributed by atoms with Crippen molar-refractivity contribution >= 4 is 23.2 Å². The molecule has 0 saturated heterocycles. The molecular formula is C18H15ClFN3O. The van der Waals surface area contributed by atoms with E-state index in [0.29, 0.717) is 28.4 Å². The number of amides is 1. The average Bonchev–Trinajstić information content (AvgIpc) is 2.98. The number of nitrogens with zero attached hydrogens (tertiary/aromatic N) is 1. The van der Waals surface area contributed by atoms with Crippen LogP contribution in [0.5, 0.6) is 0 Å². The van der Waals surface area contributed by atoms with Crippen molar-refractivity contribution < 1.29 is 9.18 Å². The predicted molar refractivity (Wildman–Crippen MR) is 92.8 cm³/mol. The van der Waals surface area contributed by atoms with Crippen LogP contribution in [-0.4, -0.2) is 16.1 Å². The van der Waals surface area contributed by atoms with Gasteiger partial charge in [-0.2, -0.15) is 5.10 Å². The van der Waals surface area contributed by atoms with Crippen molar-refractivity contribution in [2.75, 3.05) is 5.32 Å². The molecule has 0 bridgehead atoms. The van der Waals surface area contributed by atoms with Crippen molar-refractivity contribution in [1.29, 1.82) is 0 Å². The maximum atomic E-state index is 13.0. The summed E-state index contributed by atoms with van der Waals surface area (Å²) in [4.78, 5) is 12.4. The molecule has 0 aliphatic carbocycles. The number of halogens is 2. The molecule has 4 nitrogen and oxygen atoms in total. The van der Waals surface area contributed by atoms with E-state index < -0.39 is 0 Å². The maximum Gasteiger partial charge on any atom is 0.255 e. The SMILES string of the molecule is CCc1[nH]nc(-c2ccc(Cl)cc2)c1NC(=O)c1ccc(F)cc1. The van der Waals surface area contributed by atoms with E-state index in [-0.39, 0.29) is 11.7 Å². The molecule has 1 heterocycles. The second-order valence-corrected chi connectivity index (χ2v) is 5.68. The third-order valence-corrected chi connectivity index (χ3v) is 3.91. The van der Waals surface area contributed by atoms with E-state index in [0.717, 1.165) is 11.3 Å². The van der Waals surface area contributed by atoms with Crippen LogP contribution in [0.25, 0.3) is 11.3 Å². The lowest BCUT2D eigenvalue weighted by molar-refractivity contribution is 0.102. The Bertz CT molecular complexity index is 857. The van der Waals surface area contributed by atoms with Crippen molar-refractivity contribution in [2.24, 2.45) is 0 Å². The van der Waals surface area contributed by atoms with Crippen LogP contribution in [0.1, 0.15) is 23.0 Å². The summed E-state index contributed by atoms with van der Waals surface area (Å²) in [5.74, 6) is -0.702. The highest BCUT2D eigenvalue weighted by Crippen LogP contribution is 2.30. The number of rotatable bonds is 4. The first-order chi connectivity index (χ1) is 11.6. The number of nitrogens with one attached hydrogen (secondary N) is 2. The molecule has 2 aromatic carbocycles. The number of aryl methyl sites for hydroxylation is 1. The highest BCUT2D eigenvalue weighted by molar-refractivity contribution is 6.30. The Morgan fingerprint density at radius 1 is 1.17 bits per heavy atom. The Kier molecular flexibility index (Phi) is 4.62. The number of benzene rings is 2. The van der Waals surface area contributed by atoms with Gasteiger partial charge in [-0.15, -0.1) is 0 Å². The van der Waals surface area contributed by atoms with Crippen molar-refractivity contribution in [2.45, 2.75) is 13.3 Å². The molecule has 122 valence electrons. The zero-order valence-corrected chi connectivity index (χ0v) is 13.7. The molecule has 0 radical (unpaired) electrons. The Hall–Kier alpha value is -2.66. The largest absolute Gasteiger partial charge is 0.319 e. The van der Waals surface area contributed by atoms with E-state index in [4.69, 9.17) is 11.6 Å². The van der Waals surface area contributed by atoms with Crippen LogP contribution in [0.4, 0.5) is 10.1 Å². The quantitative estimate of drug-likeness (QED) is 0.722. The lowest BCUT2D eigenvalue weighted by Gasteiger charge is -2.08. The van der Waals surface area contributed by atoms with Crippen LogP contribution in [0, 0.1) is 5.82 Å². The predicted octanol–water partition coefficient (Wildman–Crippen LogP) is 4.68. The summed E-state index contributed by atoms with van der Waals surface area (Å²) in [5.41, 5.74) is 3.29. The molecule has 0 aliphatic rings. The van der Waals surface area contributed by atoms with E-state index in [1.54, 1.807) is 12.1 Å². The van der Waals surface area contributed by atoms with Crippen LogP contribution in [0.15, 0.2) is 48.5 Å². The number of hydrogen-bond acceptors (Lipinski definition) is 2. The van der Waals surface area contributed by atoms with Gasteiger partial charge in [-0.25, -0.2) is 4.39 Å². The highest BCUT2D eigenvalue weighted by atomic mass is 35.5. The van der Waals surface area contributed by atoms with E-state index in [9.17, 15) is 9.18 Å². The monoisotopic (exact) mass is 343 g/mol. The summed E-state index contributed by atoms with van der Waals surface area (Å²) in [6, 6.07) is 12.6. The molecule has 24 heavy (non-hydrogen) atoms. The summed E-state index contributed by atoms with van der Waals surface area (Å²) in [6.45, 7) is 1.96. The second kappa shape index (κ2) is 6.84. The number of hydrogen-bond donors (Lipinski definition) is 2. The van der Waals surface area contributed by atoms with Crippen LogP contribution in [0.2, 0.25) is 5.02 Å². The fourth-order valence-electron chi connectivity index (χ4n) is 2.37. The first-order valence-electron chi connectivity index (χ1n) is 7.48. The van der Waals surface area contributed by atoms with Gasteiger partial charge in [0.15, 0.2) is 0 Å². The lowest BCUT2D eigenvalue weighted by atomic mass is 10.1. The fourth-order valence-corrected chi connectivity index (χ4v) is 2.50. The summed E-state index contributed by atoms with van der Waals surface area (Å²) >= 11 is 5.92. The normalized spacial score (nSPS) is 10.6. The van der Waals surface area contributed by atoms with E-state index in [1.165, 1.54) is 24.3 Å². The molecule has 0 atom stereocenters. The van der Waals surface area contributed by atoms with Gasteiger partial charge < -0.3 is 5.32 Å². The molecule has 6 heteroatoms. The molecular weight excluding hydrogens is 329 g/mol. The van der Waals surface area contributed by atoms with Crippen LogP contribution >= 0.6 is 11.6 Å². The van der Waals surface area contributed by atoms with Gasteiger partial charge in [0.1, 0.15) is 11.5 Å². The van der Waals surface area contributed by atoms with Crippen molar-refractivity contribution in [3.8, 4) is 11.3 Å². The number of aromatic nitrogens is 2. The highest BCUT2D eigenvalue weighted by Gasteiger charge is 2.17. The smallest absolute Gasteiger partial charge is 0.255 e. The molecule has 0 spiro atoms. The van der Waals surface area contributed by atoms with Crippen molar-refractivity contribution in [3.05, 3.63) is 70.6 Å². The number of aromatic amines is 1. The first kappa shape index (κ1) is 16.2. The van der Waals surface area contributed by atoms with Crippen molar-refractivity contribution in [1.82, 2.24) is 10.2 Å². The zero-order chi connectivity index (χ0) is 17.1. The van der Waals surface area contributed by atoms with Gasteiger partial charge in [0.05, 0.1) is 11.4 Å². The number of carbonyl (C=O) groups is 1. The molecule has 0 saturated carbocycles. The molecule has 3 aromatic rings. The van der Waals surface area contributed by atoms with Gasteiger partial charge in [0.25, 0.3) is 5.91 Å². The zero-order valence-electron chi connectivity index (χ0n) is 12.9. The molecule has 1 aromatic heterocycles. The van der Waals surface area contributed by atoms with Crippen LogP contribution in [0.3, 0.4) is 0 Å². The van der Waals surface area contributed by atoms with Gasteiger partial charge in [-0.3, -0.25) is 9.89 Å². The van der Waals surface area contributed by atoms with Crippen LogP contribution < -0.4 is 5.32 Å². The fraction of sp³-hybridized carbons (Fsp3) is 0.111. The minimum absolute atomic E-state index is 0.318. The first-order valence-corrected chi connectivity index (χ1v) is 7.86. The number of carbonyl (C=O) groups excluding carboxylic acids is 1. The topological polar surface area (TPSA) is 57.8 Å². The minimum Gasteiger partial charge on any atom is -0.319 e. The molecule has 2 N–H and O–H groups in total. The lowest BCUT2D eigenvalue weighted by Crippen LogP contribution is -2.13. The van der Waals surface area contributed by atoms with Gasteiger partial charge in [0, 0.05) is 16.1 Å². The number of anilines is 1. The number of H-pyrrole nitrogens is 1. The summed E-state index contributed by atoms with van der Waals surface area (Å²) in [6.07, 6.45) is 0.680. The maximum absolute atomic E-state index is 13.0. The Morgan fingerprint density at radius 2 is 1.83 bits per heavy atom. The third kappa shape index (κ3) is 3.31. The van der Waals surface area contributed by atoms with Gasteiger partial charge in [-0.05, 0) is 42.8 Å². The minimum atomic E-state index is -0.383. The Morgan fingerprint density at radius 3 is 2.46 bits per heavy atom. The van der Waals surface area contributed by atoms with E-state index in [1.807, 2.05) is 19.1 Å². The second-order valence-electron chi connectivity index (χ2n) is 5.25. The Balaban J connectivity index is 1.94. The average molecular weight is 344 g/mol. The standard InChI is InChI=1S/C18H15ClFN3O/c1-2-15-17(21-18(24)12-5-9-14(20)10-6-12)16(23-22-15)11-3-7-13(19)8-4-11/h3-10H,2H2,1H3,(H,21,24)(H,22,23). The molecule has 0 unspecified atom stereocenters. The molecule has 0 fully saturated rings. The summed E-state index contributed by atoms with van der Waals surface area (Å²) < 4.78 is 13.0. The van der Waals surface area contributed by atoms with E-state index in [2.05, 4.69) is 15.5 Å². The van der Waals surface area contributed by atoms with E-state index >= 15 is 0 Å². The van der Waals surface area contributed by atoms with Gasteiger partial charge in [-0.1, -0.05) is 30.7 Å². The Labute approximate surface area is 143 Å².